The van der Waals surface area contributed by atoms with Gasteiger partial charge in [-0.05, 0) is 25.1 Å². The van der Waals surface area contributed by atoms with Crippen molar-refractivity contribution in [2.75, 3.05) is 0 Å². The number of carbonyl (C=O) groups is 1. The lowest BCUT2D eigenvalue weighted by atomic mass is 10.2. The van der Waals surface area contributed by atoms with Crippen molar-refractivity contribution < 1.29 is 9.90 Å². The first-order valence-corrected chi connectivity index (χ1v) is 5.71. The van der Waals surface area contributed by atoms with Crippen molar-refractivity contribution >= 4 is 32.8 Å². The molecule has 1 aromatic carbocycles. The van der Waals surface area contributed by atoms with Crippen LogP contribution in [0.25, 0.3) is 10.9 Å². The van der Waals surface area contributed by atoms with Crippen molar-refractivity contribution in [1.82, 2.24) is 9.78 Å². The van der Waals surface area contributed by atoms with Crippen molar-refractivity contribution in [1.29, 1.82) is 0 Å². The van der Waals surface area contributed by atoms with Crippen LogP contribution in [0.2, 0.25) is 0 Å². The Morgan fingerprint density at radius 2 is 2.31 bits per heavy atom. The summed E-state index contributed by atoms with van der Waals surface area (Å²) in [6, 6.07) is 5.84. The Balaban J connectivity index is 2.40. The van der Waals surface area contributed by atoms with E-state index in [0.29, 0.717) is 6.54 Å². The van der Waals surface area contributed by atoms with E-state index in [0.717, 1.165) is 21.1 Å². The third-order valence-electron chi connectivity index (χ3n) is 2.50. The van der Waals surface area contributed by atoms with E-state index in [1.165, 1.54) is 0 Å². The quantitative estimate of drug-likeness (QED) is 0.942. The molecule has 0 aliphatic heterocycles. The van der Waals surface area contributed by atoms with Gasteiger partial charge >= 0.3 is 5.97 Å². The summed E-state index contributed by atoms with van der Waals surface area (Å²) >= 11 is 3.41. The van der Waals surface area contributed by atoms with E-state index >= 15 is 0 Å². The average molecular weight is 283 g/mol. The third kappa shape index (κ3) is 2.09. The third-order valence-corrected chi connectivity index (χ3v) is 2.99. The van der Waals surface area contributed by atoms with Crippen LogP contribution < -0.4 is 0 Å². The minimum absolute atomic E-state index is 0.0933. The number of halogens is 1. The monoisotopic (exact) mass is 282 g/mol. The molecule has 0 aliphatic carbocycles. The molecule has 5 heteroatoms. The van der Waals surface area contributed by atoms with Gasteiger partial charge in [-0.2, -0.15) is 5.10 Å². The minimum atomic E-state index is -0.805. The zero-order valence-electron chi connectivity index (χ0n) is 8.77. The normalized spacial score (nSPS) is 10.9. The molecule has 2 aromatic rings. The van der Waals surface area contributed by atoms with Crippen LogP contribution in [0.3, 0.4) is 0 Å². The Bertz CT molecular complexity index is 548. The van der Waals surface area contributed by atoms with Crippen LogP contribution in [0, 0.1) is 6.92 Å². The second kappa shape index (κ2) is 4.25. The molecule has 4 nitrogen and oxygen atoms in total. The summed E-state index contributed by atoms with van der Waals surface area (Å²) in [5, 5.41) is 14.0. The molecule has 1 aromatic heterocycles. The molecule has 0 saturated carbocycles. The Morgan fingerprint density at radius 3 is 3.00 bits per heavy atom. The number of aryl methyl sites for hydroxylation is 2. The second-order valence-corrected chi connectivity index (χ2v) is 4.53. The number of benzene rings is 1. The van der Waals surface area contributed by atoms with E-state index in [9.17, 15) is 4.79 Å². The second-order valence-electron chi connectivity index (χ2n) is 3.61. The highest BCUT2D eigenvalue weighted by Gasteiger charge is 2.08. The zero-order chi connectivity index (χ0) is 11.7. The number of aromatic nitrogens is 2. The van der Waals surface area contributed by atoms with Crippen LogP contribution >= 0.6 is 15.9 Å². The summed E-state index contributed by atoms with van der Waals surface area (Å²) in [5.74, 6) is -0.805. The van der Waals surface area contributed by atoms with Gasteiger partial charge in [0.05, 0.1) is 18.5 Å². The summed E-state index contributed by atoms with van der Waals surface area (Å²) in [6.07, 6.45) is 0.0933. The number of carboxylic acid groups (broad SMARTS) is 1. The highest BCUT2D eigenvalue weighted by atomic mass is 79.9. The van der Waals surface area contributed by atoms with Crippen molar-refractivity contribution in [3.63, 3.8) is 0 Å². The van der Waals surface area contributed by atoms with Crippen LogP contribution in [0.5, 0.6) is 0 Å². The van der Waals surface area contributed by atoms with Gasteiger partial charge in [0, 0.05) is 15.6 Å². The van der Waals surface area contributed by atoms with Gasteiger partial charge in [0.2, 0.25) is 0 Å². The van der Waals surface area contributed by atoms with Crippen LogP contribution in [0.4, 0.5) is 0 Å². The van der Waals surface area contributed by atoms with E-state index in [1.54, 1.807) is 4.68 Å². The molecule has 0 spiro atoms. The first kappa shape index (κ1) is 11.1. The predicted octanol–water partition coefficient (Wildman–Crippen LogP) is 2.58. The topological polar surface area (TPSA) is 55.1 Å². The van der Waals surface area contributed by atoms with Gasteiger partial charge in [-0.15, -0.1) is 0 Å². The summed E-state index contributed by atoms with van der Waals surface area (Å²) in [7, 11) is 0. The molecule has 1 heterocycles. The molecule has 0 fully saturated rings. The number of fused-ring (bicyclic) bond motifs is 1. The van der Waals surface area contributed by atoms with E-state index in [2.05, 4.69) is 21.0 Å². The number of carboxylic acids is 1. The fourth-order valence-corrected chi connectivity index (χ4v) is 2.01. The van der Waals surface area contributed by atoms with Gasteiger partial charge in [0.1, 0.15) is 0 Å². The van der Waals surface area contributed by atoms with E-state index in [1.807, 2.05) is 25.1 Å². The van der Waals surface area contributed by atoms with Gasteiger partial charge < -0.3 is 5.11 Å². The first-order chi connectivity index (χ1) is 7.58. The molecule has 2 rings (SSSR count). The van der Waals surface area contributed by atoms with Crippen molar-refractivity contribution in [3.05, 3.63) is 28.4 Å². The largest absolute Gasteiger partial charge is 0.481 e. The summed E-state index contributed by atoms with van der Waals surface area (Å²) in [5.41, 5.74) is 1.89. The lowest BCUT2D eigenvalue weighted by Gasteiger charge is -2.00. The number of rotatable bonds is 3. The SMILES string of the molecule is Cc1c2cc(Br)ccc2nn1CCC(=O)O. The summed E-state index contributed by atoms with van der Waals surface area (Å²) in [4.78, 5) is 10.5. The van der Waals surface area contributed by atoms with Crippen molar-refractivity contribution in [2.24, 2.45) is 0 Å². The Kier molecular flexibility index (Phi) is 2.96. The first-order valence-electron chi connectivity index (χ1n) is 4.92. The maximum absolute atomic E-state index is 10.5. The maximum Gasteiger partial charge on any atom is 0.305 e. The Morgan fingerprint density at radius 1 is 1.56 bits per heavy atom. The van der Waals surface area contributed by atoms with Crippen molar-refractivity contribution in [3.8, 4) is 0 Å². The Labute approximate surface area is 101 Å². The number of hydrogen-bond donors (Lipinski definition) is 1. The average Bonchev–Trinajstić information content (AvgIpc) is 2.53. The smallest absolute Gasteiger partial charge is 0.305 e. The molecule has 0 saturated heterocycles. The van der Waals surface area contributed by atoms with Gasteiger partial charge in [-0.25, -0.2) is 0 Å². The van der Waals surface area contributed by atoms with Gasteiger partial charge in [-0.3, -0.25) is 9.48 Å². The van der Waals surface area contributed by atoms with Gasteiger partial charge in [-0.1, -0.05) is 15.9 Å². The zero-order valence-corrected chi connectivity index (χ0v) is 10.4. The van der Waals surface area contributed by atoms with E-state index in [-0.39, 0.29) is 6.42 Å². The summed E-state index contributed by atoms with van der Waals surface area (Å²) in [6.45, 7) is 2.36. The van der Waals surface area contributed by atoms with Crippen molar-refractivity contribution in [2.45, 2.75) is 19.9 Å². The highest BCUT2D eigenvalue weighted by Crippen LogP contribution is 2.22. The van der Waals surface area contributed by atoms with Gasteiger partial charge in [0.25, 0.3) is 0 Å². The highest BCUT2D eigenvalue weighted by molar-refractivity contribution is 9.10. The minimum Gasteiger partial charge on any atom is -0.481 e. The molecule has 16 heavy (non-hydrogen) atoms. The predicted molar refractivity (Wildman–Crippen MR) is 64.4 cm³/mol. The molecule has 0 amide bonds. The summed E-state index contributed by atoms with van der Waals surface area (Å²) < 4.78 is 2.74. The molecular weight excluding hydrogens is 272 g/mol. The molecule has 0 bridgehead atoms. The molecular formula is C11H11BrN2O2. The van der Waals surface area contributed by atoms with Crippen LogP contribution in [-0.2, 0) is 11.3 Å². The fourth-order valence-electron chi connectivity index (χ4n) is 1.65. The van der Waals surface area contributed by atoms with E-state index < -0.39 is 5.97 Å². The number of nitrogens with zero attached hydrogens (tertiary/aromatic N) is 2. The van der Waals surface area contributed by atoms with Gasteiger partial charge in [0.15, 0.2) is 0 Å². The van der Waals surface area contributed by atoms with E-state index in [4.69, 9.17) is 5.11 Å². The van der Waals surface area contributed by atoms with Crippen LogP contribution in [-0.4, -0.2) is 20.9 Å². The molecule has 1 N–H and O–H groups in total. The molecule has 0 aliphatic rings. The molecule has 0 atom stereocenters. The standard InChI is InChI=1S/C11H11BrN2O2/c1-7-9-6-8(12)2-3-10(9)13-14(7)5-4-11(15)16/h2-3,6H,4-5H2,1H3,(H,15,16). The lowest BCUT2D eigenvalue weighted by molar-refractivity contribution is -0.137. The van der Waals surface area contributed by atoms with Crippen LogP contribution in [0.1, 0.15) is 12.1 Å². The maximum atomic E-state index is 10.5. The molecule has 84 valence electrons. The lowest BCUT2D eigenvalue weighted by Crippen LogP contribution is -2.07. The number of aliphatic carboxylic acids is 1. The molecule has 0 radical (unpaired) electrons. The fraction of sp³-hybridized carbons (Fsp3) is 0.273. The Hall–Kier alpha value is -1.36. The van der Waals surface area contributed by atoms with Crippen LogP contribution in [0.15, 0.2) is 22.7 Å². The number of hydrogen-bond acceptors (Lipinski definition) is 2. The molecule has 0 unspecified atom stereocenters.